The van der Waals surface area contributed by atoms with Gasteiger partial charge in [0, 0.05) is 32.5 Å². The van der Waals surface area contributed by atoms with Crippen molar-refractivity contribution < 1.29 is 19.4 Å². The molecule has 0 aromatic heterocycles. The van der Waals surface area contributed by atoms with E-state index in [1.807, 2.05) is 12.1 Å². The summed E-state index contributed by atoms with van der Waals surface area (Å²) in [5.74, 6) is 1.02. The molecule has 1 aliphatic carbocycles. The number of rotatable bonds is 6. The lowest BCUT2D eigenvalue weighted by Gasteiger charge is -2.39. The van der Waals surface area contributed by atoms with Gasteiger partial charge in [-0.05, 0) is 30.9 Å². The van der Waals surface area contributed by atoms with Crippen LogP contribution in [0, 0.1) is 5.92 Å². The van der Waals surface area contributed by atoms with Gasteiger partial charge in [-0.1, -0.05) is 12.1 Å². The third-order valence-corrected chi connectivity index (χ3v) is 4.64. The highest BCUT2D eigenvalue weighted by molar-refractivity contribution is 5.78. The van der Waals surface area contributed by atoms with Crippen molar-refractivity contribution in [2.45, 2.75) is 31.3 Å². The first-order valence-corrected chi connectivity index (χ1v) is 7.91. The van der Waals surface area contributed by atoms with Crippen molar-refractivity contribution >= 4 is 5.97 Å². The molecule has 1 saturated carbocycles. The van der Waals surface area contributed by atoms with Crippen LogP contribution in [0.15, 0.2) is 24.3 Å². The predicted octanol–water partition coefficient (Wildman–Crippen LogP) is 2.40. The molecule has 22 heavy (non-hydrogen) atoms. The fraction of sp³-hybridized carbons (Fsp3) is 0.588. The molecule has 0 amide bonds. The maximum atomic E-state index is 11.8. The lowest BCUT2D eigenvalue weighted by atomic mass is 9.91. The topological polar surface area (TPSA) is 59.0 Å². The fourth-order valence-corrected chi connectivity index (χ4v) is 3.04. The van der Waals surface area contributed by atoms with E-state index in [9.17, 15) is 9.90 Å². The average Bonchev–Trinajstić information content (AvgIpc) is 3.34. The Bertz CT molecular complexity index is 533. The monoisotopic (exact) mass is 305 g/mol. The van der Waals surface area contributed by atoms with E-state index < -0.39 is 11.6 Å². The second kappa shape index (κ2) is 6.16. The second-order valence-electron chi connectivity index (χ2n) is 6.30. The Morgan fingerprint density at radius 1 is 1.27 bits per heavy atom. The van der Waals surface area contributed by atoms with E-state index in [4.69, 9.17) is 9.47 Å². The summed E-state index contributed by atoms with van der Waals surface area (Å²) in [6.07, 6.45) is 3.65. The van der Waals surface area contributed by atoms with Crippen molar-refractivity contribution in [2.24, 2.45) is 5.92 Å². The van der Waals surface area contributed by atoms with Crippen molar-refractivity contribution in [3.05, 3.63) is 24.3 Å². The normalized spacial score (nSPS) is 21.3. The number of carboxylic acid groups (broad SMARTS) is 1. The molecule has 2 fully saturated rings. The van der Waals surface area contributed by atoms with E-state index in [1.54, 1.807) is 19.2 Å². The van der Waals surface area contributed by atoms with E-state index in [0.717, 1.165) is 25.6 Å². The van der Waals surface area contributed by atoms with E-state index in [1.165, 1.54) is 12.8 Å². The molecule has 5 heteroatoms. The zero-order valence-electron chi connectivity index (χ0n) is 13.0. The van der Waals surface area contributed by atoms with Gasteiger partial charge in [-0.25, -0.2) is 4.79 Å². The molecule has 1 N–H and O–H groups in total. The van der Waals surface area contributed by atoms with Gasteiger partial charge >= 0.3 is 5.97 Å². The maximum absolute atomic E-state index is 11.8. The maximum Gasteiger partial charge on any atom is 0.348 e. The minimum Gasteiger partial charge on any atom is -0.493 e. The van der Waals surface area contributed by atoms with Crippen molar-refractivity contribution in [3.63, 3.8) is 0 Å². The quantitative estimate of drug-likeness (QED) is 0.874. The molecule has 1 heterocycles. The largest absolute Gasteiger partial charge is 0.493 e. The zero-order valence-corrected chi connectivity index (χ0v) is 13.0. The van der Waals surface area contributed by atoms with Crippen LogP contribution < -0.4 is 9.47 Å². The van der Waals surface area contributed by atoms with Crippen LogP contribution in [0.4, 0.5) is 0 Å². The van der Waals surface area contributed by atoms with Crippen molar-refractivity contribution in [3.8, 4) is 11.5 Å². The second-order valence-corrected chi connectivity index (χ2v) is 6.30. The number of hydrogen-bond donors (Lipinski definition) is 1. The Labute approximate surface area is 130 Å². The van der Waals surface area contributed by atoms with Crippen LogP contribution in [0.1, 0.15) is 25.7 Å². The Hall–Kier alpha value is -1.75. The molecular weight excluding hydrogens is 282 g/mol. The molecule has 1 saturated heterocycles. The molecule has 1 aromatic carbocycles. The Balaban J connectivity index is 1.71. The SMILES string of the molecule is COc1ccccc1OC1(C(=O)O)CCN(CC2CC2)CC1. The number of benzene rings is 1. The smallest absolute Gasteiger partial charge is 0.348 e. The van der Waals surface area contributed by atoms with E-state index in [-0.39, 0.29) is 0 Å². The first-order chi connectivity index (χ1) is 10.6. The summed E-state index contributed by atoms with van der Waals surface area (Å²) >= 11 is 0. The number of carboxylic acids is 1. The number of ether oxygens (including phenoxy) is 2. The van der Waals surface area contributed by atoms with Gasteiger partial charge in [0.05, 0.1) is 7.11 Å². The molecular formula is C17H23NO4. The highest BCUT2D eigenvalue weighted by atomic mass is 16.5. The molecule has 120 valence electrons. The van der Waals surface area contributed by atoms with Crippen LogP contribution in [0.3, 0.4) is 0 Å². The van der Waals surface area contributed by atoms with E-state index in [0.29, 0.717) is 24.3 Å². The summed E-state index contributed by atoms with van der Waals surface area (Å²) in [6, 6.07) is 7.22. The standard InChI is InChI=1S/C17H23NO4/c1-21-14-4-2-3-5-15(14)22-17(16(19)20)8-10-18(11-9-17)12-13-6-7-13/h2-5,13H,6-12H2,1H3,(H,19,20). The van der Waals surface area contributed by atoms with Gasteiger partial charge in [0.2, 0.25) is 5.60 Å². The number of para-hydroxylation sites is 2. The minimum atomic E-state index is -1.14. The number of aliphatic carboxylic acids is 1. The Morgan fingerprint density at radius 3 is 2.45 bits per heavy atom. The summed E-state index contributed by atoms with van der Waals surface area (Å²) < 4.78 is 11.2. The van der Waals surface area contributed by atoms with Crippen molar-refractivity contribution in [1.82, 2.24) is 4.90 Å². The molecule has 0 spiro atoms. The van der Waals surface area contributed by atoms with Crippen LogP contribution in [0.25, 0.3) is 0 Å². The van der Waals surface area contributed by atoms with Gasteiger partial charge in [0.25, 0.3) is 0 Å². The first-order valence-electron chi connectivity index (χ1n) is 7.91. The highest BCUT2D eigenvalue weighted by Gasteiger charge is 2.45. The summed E-state index contributed by atoms with van der Waals surface area (Å²) in [5.41, 5.74) is -1.14. The van der Waals surface area contributed by atoms with Gasteiger partial charge in [-0.2, -0.15) is 0 Å². The predicted molar refractivity (Wildman–Crippen MR) is 82.4 cm³/mol. The molecule has 1 aliphatic heterocycles. The minimum absolute atomic E-state index is 0.503. The Kier molecular flexibility index (Phi) is 4.25. The van der Waals surface area contributed by atoms with E-state index in [2.05, 4.69) is 4.90 Å². The number of likely N-dealkylation sites (tertiary alicyclic amines) is 1. The first kappa shape index (κ1) is 15.2. The van der Waals surface area contributed by atoms with Gasteiger partial charge in [-0.3, -0.25) is 0 Å². The molecule has 5 nitrogen and oxygen atoms in total. The molecule has 0 atom stereocenters. The molecule has 2 aliphatic rings. The van der Waals surface area contributed by atoms with Gasteiger partial charge < -0.3 is 19.5 Å². The fourth-order valence-electron chi connectivity index (χ4n) is 3.04. The Morgan fingerprint density at radius 2 is 1.91 bits per heavy atom. The zero-order chi connectivity index (χ0) is 15.6. The molecule has 0 bridgehead atoms. The summed E-state index contributed by atoms with van der Waals surface area (Å²) in [5, 5.41) is 9.71. The molecule has 0 unspecified atom stereocenters. The third kappa shape index (κ3) is 3.19. The average molecular weight is 305 g/mol. The van der Waals surface area contributed by atoms with Crippen LogP contribution in [-0.4, -0.2) is 48.3 Å². The number of methoxy groups -OCH3 is 1. The van der Waals surface area contributed by atoms with Crippen LogP contribution in [-0.2, 0) is 4.79 Å². The summed E-state index contributed by atoms with van der Waals surface area (Å²) in [7, 11) is 1.56. The number of carbonyl (C=O) groups is 1. The van der Waals surface area contributed by atoms with Gasteiger partial charge in [0.1, 0.15) is 0 Å². The van der Waals surface area contributed by atoms with Gasteiger partial charge in [0.15, 0.2) is 11.5 Å². The summed E-state index contributed by atoms with van der Waals surface area (Å²) in [6.45, 7) is 2.65. The van der Waals surface area contributed by atoms with Crippen molar-refractivity contribution in [2.75, 3.05) is 26.7 Å². The number of piperidine rings is 1. The summed E-state index contributed by atoms with van der Waals surface area (Å²) in [4.78, 5) is 14.2. The molecule has 0 radical (unpaired) electrons. The number of nitrogens with zero attached hydrogens (tertiary/aromatic N) is 1. The molecule has 1 aromatic rings. The van der Waals surface area contributed by atoms with Gasteiger partial charge in [-0.15, -0.1) is 0 Å². The third-order valence-electron chi connectivity index (χ3n) is 4.64. The van der Waals surface area contributed by atoms with Crippen LogP contribution in [0.5, 0.6) is 11.5 Å². The highest BCUT2D eigenvalue weighted by Crippen LogP contribution is 2.36. The molecule has 3 rings (SSSR count). The van der Waals surface area contributed by atoms with Crippen LogP contribution in [0.2, 0.25) is 0 Å². The lowest BCUT2D eigenvalue weighted by molar-refractivity contribution is -0.159. The van der Waals surface area contributed by atoms with Crippen molar-refractivity contribution in [1.29, 1.82) is 0 Å². The lowest BCUT2D eigenvalue weighted by Crippen LogP contribution is -2.53. The van der Waals surface area contributed by atoms with Crippen LogP contribution >= 0.6 is 0 Å². The van der Waals surface area contributed by atoms with E-state index >= 15 is 0 Å². The number of hydrogen-bond acceptors (Lipinski definition) is 4.